The van der Waals surface area contributed by atoms with Gasteiger partial charge in [-0.05, 0) is 61.6 Å². The summed E-state index contributed by atoms with van der Waals surface area (Å²) in [4.78, 5) is 71.1. The molecule has 12 nitrogen and oxygen atoms in total. The molecular weight excluding hydrogens is 562 g/mol. The second-order valence-electron chi connectivity index (χ2n) is 11.9. The Kier molecular flexibility index (Phi) is 8.62. The molecule has 0 radical (unpaired) electrons. The van der Waals surface area contributed by atoms with Crippen molar-refractivity contribution in [3.05, 3.63) is 59.2 Å². The van der Waals surface area contributed by atoms with Gasteiger partial charge in [0, 0.05) is 70.0 Å². The van der Waals surface area contributed by atoms with Crippen LogP contribution in [-0.2, 0) is 9.59 Å². The SMILES string of the molecule is CCNNC(=O)c1ccc(N2CCN(CC3CCN(c4cccc5c4C(=O)N(C4CCC(=O)NC4=O)C5=O)CC3)CC2)cc1. The van der Waals surface area contributed by atoms with E-state index < -0.39 is 23.8 Å². The number of fused-ring (bicyclic) bond motifs is 1. The fourth-order valence-electron chi connectivity index (χ4n) is 6.74. The number of hydrazine groups is 1. The number of rotatable bonds is 8. The molecule has 3 saturated heterocycles. The molecule has 232 valence electrons. The smallest absolute Gasteiger partial charge is 0.265 e. The van der Waals surface area contributed by atoms with Gasteiger partial charge < -0.3 is 9.80 Å². The first-order valence-electron chi connectivity index (χ1n) is 15.5. The number of carbonyl (C=O) groups is 5. The van der Waals surface area contributed by atoms with Crippen LogP contribution in [0.2, 0.25) is 0 Å². The van der Waals surface area contributed by atoms with E-state index in [1.165, 1.54) is 0 Å². The molecule has 4 aliphatic heterocycles. The van der Waals surface area contributed by atoms with Gasteiger partial charge in [-0.25, -0.2) is 5.43 Å². The Morgan fingerprint density at radius 1 is 0.864 bits per heavy atom. The molecule has 2 aromatic rings. The van der Waals surface area contributed by atoms with Crippen molar-refractivity contribution in [2.45, 2.75) is 38.6 Å². The van der Waals surface area contributed by atoms with E-state index in [4.69, 9.17) is 0 Å². The van der Waals surface area contributed by atoms with E-state index in [0.29, 0.717) is 29.2 Å². The highest BCUT2D eigenvalue weighted by Crippen LogP contribution is 2.36. The molecule has 0 saturated carbocycles. The van der Waals surface area contributed by atoms with Crippen LogP contribution in [0.5, 0.6) is 0 Å². The second-order valence-corrected chi connectivity index (χ2v) is 11.9. The Bertz CT molecular complexity index is 1450. The largest absolute Gasteiger partial charge is 0.371 e. The highest BCUT2D eigenvalue weighted by atomic mass is 16.2. The summed E-state index contributed by atoms with van der Waals surface area (Å²) >= 11 is 0. The van der Waals surface area contributed by atoms with Crippen molar-refractivity contribution in [2.24, 2.45) is 5.92 Å². The van der Waals surface area contributed by atoms with Crippen LogP contribution in [0.4, 0.5) is 11.4 Å². The van der Waals surface area contributed by atoms with Gasteiger partial charge in [0.25, 0.3) is 17.7 Å². The number of amides is 5. The van der Waals surface area contributed by atoms with Crippen LogP contribution >= 0.6 is 0 Å². The van der Waals surface area contributed by atoms with Crippen molar-refractivity contribution in [3.63, 3.8) is 0 Å². The molecule has 0 spiro atoms. The van der Waals surface area contributed by atoms with Gasteiger partial charge in [-0.3, -0.25) is 44.5 Å². The summed E-state index contributed by atoms with van der Waals surface area (Å²) in [5.41, 5.74) is 8.69. The van der Waals surface area contributed by atoms with Gasteiger partial charge in [0.1, 0.15) is 6.04 Å². The van der Waals surface area contributed by atoms with Gasteiger partial charge in [0.05, 0.1) is 16.8 Å². The lowest BCUT2D eigenvalue weighted by atomic mass is 9.94. The number of nitrogens with zero attached hydrogens (tertiary/aromatic N) is 4. The van der Waals surface area contributed by atoms with E-state index in [9.17, 15) is 24.0 Å². The third-order valence-corrected chi connectivity index (χ3v) is 9.16. The van der Waals surface area contributed by atoms with Gasteiger partial charge in [0.15, 0.2) is 0 Å². The zero-order valence-electron chi connectivity index (χ0n) is 25.0. The maximum Gasteiger partial charge on any atom is 0.265 e. The minimum absolute atomic E-state index is 0.101. The number of hydrogen-bond acceptors (Lipinski definition) is 9. The van der Waals surface area contributed by atoms with Crippen LogP contribution in [0.3, 0.4) is 0 Å². The van der Waals surface area contributed by atoms with E-state index in [1.807, 2.05) is 37.3 Å². The van der Waals surface area contributed by atoms with E-state index in [1.54, 1.807) is 12.1 Å². The van der Waals surface area contributed by atoms with E-state index in [-0.39, 0.29) is 24.7 Å². The summed E-state index contributed by atoms with van der Waals surface area (Å²) in [5, 5.41) is 2.26. The average Bonchev–Trinajstić information content (AvgIpc) is 3.30. The number of anilines is 2. The minimum atomic E-state index is -0.965. The maximum atomic E-state index is 13.5. The molecule has 4 aliphatic rings. The monoisotopic (exact) mass is 601 g/mol. The number of piperazine rings is 1. The van der Waals surface area contributed by atoms with E-state index in [0.717, 1.165) is 74.9 Å². The fraction of sp³-hybridized carbons (Fsp3) is 0.469. The Morgan fingerprint density at radius 2 is 1.59 bits per heavy atom. The quantitative estimate of drug-likeness (QED) is 0.303. The van der Waals surface area contributed by atoms with Gasteiger partial charge >= 0.3 is 0 Å². The number of hydrogen-bond donors (Lipinski definition) is 3. The van der Waals surface area contributed by atoms with Crippen LogP contribution in [0.1, 0.15) is 63.7 Å². The topological polar surface area (TPSA) is 134 Å². The summed E-state index contributed by atoms with van der Waals surface area (Å²) in [6, 6.07) is 12.1. The molecule has 1 atom stereocenters. The van der Waals surface area contributed by atoms with Crippen LogP contribution in [0.15, 0.2) is 42.5 Å². The molecule has 4 heterocycles. The summed E-state index contributed by atoms with van der Waals surface area (Å²) in [7, 11) is 0. The van der Waals surface area contributed by atoms with Crippen molar-refractivity contribution in [2.75, 3.05) is 62.2 Å². The summed E-state index contributed by atoms with van der Waals surface area (Å²) in [6.45, 7) is 9.00. The van der Waals surface area contributed by atoms with Crippen LogP contribution in [0, 0.1) is 5.92 Å². The number of nitrogens with one attached hydrogen (secondary N) is 3. The zero-order chi connectivity index (χ0) is 30.8. The fourth-order valence-corrected chi connectivity index (χ4v) is 6.74. The molecular formula is C32H39N7O5. The molecule has 44 heavy (non-hydrogen) atoms. The van der Waals surface area contributed by atoms with Crippen molar-refractivity contribution in [3.8, 4) is 0 Å². The molecule has 6 rings (SSSR count). The predicted molar refractivity (Wildman–Crippen MR) is 164 cm³/mol. The van der Waals surface area contributed by atoms with Gasteiger partial charge in [-0.1, -0.05) is 13.0 Å². The predicted octanol–water partition coefficient (Wildman–Crippen LogP) is 1.38. The van der Waals surface area contributed by atoms with Crippen LogP contribution in [0.25, 0.3) is 0 Å². The lowest BCUT2D eigenvalue weighted by Crippen LogP contribution is -2.54. The summed E-state index contributed by atoms with van der Waals surface area (Å²) in [5.74, 6) is -1.50. The highest BCUT2D eigenvalue weighted by molar-refractivity contribution is 6.25. The van der Waals surface area contributed by atoms with E-state index >= 15 is 0 Å². The standard InChI is InChI=1S/C32H39N7O5/c1-2-33-35-29(41)22-6-8-23(9-7-22)37-18-16-36(17-19-37)20-21-12-14-38(15-13-21)25-5-3-4-24-28(25)32(44)39(31(24)43)26-10-11-27(40)34-30(26)42/h3-9,21,26,33H,2,10-20H2,1H3,(H,35,41)(H,34,40,42). The molecule has 2 aromatic carbocycles. The first kappa shape index (κ1) is 29.8. The van der Waals surface area contributed by atoms with Crippen molar-refractivity contribution < 1.29 is 24.0 Å². The minimum Gasteiger partial charge on any atom is -0.371 e. The molecule has 0 aliphatic carbocycles. The number of carbonyl (C=O) groups excluding carboxylic acids is 5. The van der Waals surface area contributed by atoms with Crippen LogP contribution in [-0.4, -0.2) is 97.7 Å². The Hall–Kier alpha value is -4.29. The Balaban J connectivity index is 1.01. The van der Waals surface area contributed by atoms with Gasteiger partial charge in [-0.15, -0.1) is 0 Å². The summed E-state index contributed by atoms with van der Waals surface area (Å²) < 4.78 is 0. The first-order chi connectivity index (χ1) is 21.3. The number of piperidine rings is 2. The number of imide groups is 2. The van der Waals surface area contributed by atoms with Gasteiger partial charge in [0.2, 0.25) is 11.8 Å². The second kappa shape index (κ2) is 12.7. The molecule has 1 unspecified atom stereocenters. The normalized spacial score (nSPS) is 21.5. The first-order valence-corrected chi connectivity index (χ1v) is 15.5. The van der Waals surface area contributed by atoms with Crippen molar-refractivity contribution in [1.82, 2.24) is 26.0 Å². The van der Waals surface area contributed by atoms with Crippen molar-refractivity contribution in [1.29, 1.82) is 0 Å². The highest BCUT2D eigenvalue weighted by Gasteiger charge is 2.46. The molecule has 12 heteroatoms. The third kappa shape index (κ3) is 5.91. The average molecular weight is 602 g/mol. The van der Waals surface area contributed by atoms with Gasteiger partial charge in [-0.2, -0.15) is 0 Å². The molecule has 5 amide bonds. The summed E-state index contributed by atoms with van der Waals surface area (Å²) in [6.07, 6.45) is 2.22. The van der Waals surface area contributed by atoms with Crippen LogP contribution < -0.4 is 26.0 Å². The molecule has 0 bridgehead atoms. The Labute approximate surface area is 256 Å². The maximum absolute atomic E-state index is 13.5. The Morgan fingerprint density at radius 3 is 2.27 bits per heavy atom. The molecule has 3 N–H and O–H groups in total. The molecule has 3 fully saturated rings. The lowest BCUT2D eigenvalue weighted by Gasteiger charge is -2.40. The van der Waals surface area contributed by atoms with Crippen molar-refractivity contribution >= 4 is 40.9 Å². The van der Waals surface area contributed by atoms with E-state index in [2.05, 4.69) is 30.9 Å². The third-order valence-electron chi connectivity index (χ3n) is 9.16. The molecule has 0 aromatic heterocycles. The number of benzene rings is 2. The zero-order valence-corrected chi connectivity index (χ0v) is 25.0. The lowest BCUT2D eigenvalue weighted by molar-refractivity contribution is -0.136.